The van der Waals surface area contributed by atoms with Gasteiger partial charge in [0.15, 0.2) is 0 Å². The molecule has 166 valence electrons. The zero-order valence-corrected chi connectivity index (χ0v) is 18.1. The van der Waals surface area contributed by atoms with Gasteiger partial charge in [-0.15, -0.1) is 0 Å². The van der Waals surface area contributed by atoms with Crippen LogP contribution in [0, 0.1) is 12.3 Å². The maximum absolute atomic E-state index is 12.6. The Kier molecular flexibility index (Phi) is 8.63. The number of benzene rings is 2. The summed E-state index contributed by atoms with van der Waals surface area (Å²) < 4.78 is 15.4. The molecule has 0 amide bonds. The molecule has 0 radical (unpaired) electrons. The summed E-state index contributed by atoms with van der Waals surface area (Å²) in [4.78, 5) is 24.4. The first-order chi connectivity index (χ1) is 14.7. The van der Waals surface area contributed by atoms with Crippen LogP contribution in [-0.4, -0.2) is 30.4 Å². The number of esters is 1. The molecule has 7 heteroatoms. The third-order valence-electron chi connectivity index (χ3n) is 4.56. The Morgan fingerprint density at radius 3 is 2.23 bits per heavy atom. The van der Waals surface area contributed by atoms with Crippen LogP contribution in [0.15, 0.2) is 60.8 Å². The monoisotopic (exact) mass is 427 g/mol. The summed E-state index contributed by atoms with van der Waals surface area (Å²) in [5.74, 6) is -0.389. The molecule has 2 aromatic carbocycles. The first kappa shape index (κ1) is 24.0. The maximum atomic E-state index is 12.6. The van der Waals surface area contributed by atoms with Crippen LogP contribution in [0.25, 0.3) is 0 Å². The second-order valence-corrected chi connectivity index (χ2v) is 7.70. The van der Waals surface area contributed by atoms with Crippen molar-refractivity contribution in [2.75, 3.05) is 13.2 Å². The van der Waals surface area contributed by atoms with Crippen molar-refractivity contribution in [2.24, 2.45) is 5.41 Å². The highest BCUT2D eigenvalue weighted by atomic mass is 16.7. The number of aryl methyl sites for hydroxylation is 1. The van der Waals surface area contributed by atoms with Gasteiger partial charge < -0.3 is 24.6 Å². The average molecular weight is 427 g/mol. The molecule has 0 bridgehead atoms. The number of aliphatic hydroxyl groups is 1. The van der Waals surface area contributed by atoms with Gasteiger partial charge in [0.25, 0.3) is 0 Å². The predicted molar refractivity (Wildman–Crippen MR) is 116 cm³/mol. The number of aliphatic hydroxyl groups excluding tert-OH is 1. The fraction of sp³-hybridized carbons (Fsp3) is 0.333. The molecule has 0 saturated heterocycles. The fourth-order valence-corrected chi connectivity index (χ4v) is 2.41. The van der Waals surface area contributed by atoms with E-state index in [-0.39, 0.29) is 13.2 Å². The van der Waals surface area contributed by atoms with Crippen molar-refractivity contribution in [2.45, 2.75) is 33.9 Å². The third-order valence-corrected chi connectivity index (χ3v) is 4.56. The number of carbonyl (C=O) groups is 2. The summed E-state index contributed by atoms with van der Waals surface area (Å²) in [6.07, 6.45) is -0.928. The topological polar surface area (TPSA) is 94.1 Å². The normalized spacial score (nSPS) is 12.4. The van der Waals surface area contributed by atoms with Gasteiger partial charge in [-0.25, -0.2) is 4.79 Å². The summed E-state index contributed by atoms with van der Waals surface area (Å²) in [6.45, 7) is 8.77. The van der Waals surface area contributed by atoms with Gasteiger partial charge in [-0.05, 0) is 44.0 Å². The van der Waals surface area contributed by atoms with E-state index in [1.165, 1.54) is 6.92 Å². The molecule has 0 aromatic heterocycles. The van der Waals surface area contributed by atoms with Crippen LogP contribution in [0.5, 0.6) is 5.75 Å². The summed E-state index contributed by atoms with van der Waals surface area (Å²) >= 11 is 0. The van der Waals surface area contributed by atoms with Crippen LogP contribution in [0.3, 0.4) is 0 Å². The van der Waals surface area contributed by atoms with E-state index < -0.39 is 24.1 Å². The molecule has 7 nitrogen and oxygen atoms in total. The van der Waals surface area contributed by atoms with Crippen molar-refractivity contribution < 1.29 is 28.9 Å². The SMILES string of the molecule is C=C(C)NCc1ccc(OC(=O)C(C)(CO)COC(=O)OCc2ccc(C)cc2)cc1. The molecule has 2 rings (SSSR count). The van der Waals surface area contributed by atoms with Crippen molar-refractivity contribution in [3.05, 3.63) is 77.5 Å². The van der Waals surface area contributed by atoms with E-state index in [0.29, 0.717) is 12.3 Å². The van der Waals surface area contributed by atoms with Crippen LogP contribution >= 0.6 is 0 Å². The second-order valence-electron chi connectivity index (χ2n) is 7.70. The minimum Gasteiger partial charge on any atom is -0.433 e. The number of ether oxygens (including phenoxy) is 3. The Morgan fingerprint density at radius 2 is 1.65 bits per heavy atom. The number of nitrogens with one attached hydrogen (secondary N) is 1. The first-order valence-electron chi connectivity index (χ1n) is 9.88. The molecule has 0 fully saturated rings. The lowest BCUT2D eigenvalue weighted by Crippen LogP contribution is -2.40. The van der Waals surface area contributed by atoms with E-state index in [1.54, 1.807) is 12.1 Å². The van der Waals surface area contributed by atoms with Gasteiger partial charge in [0, 0.05) is 12.2 Å². The molecular weight excluding hydrogens is 398 g/mol. The fourth-order valence-electron chi connectivity index (χ4n) is 2.41. The number of carbonyl (C=O) groups excluding carboxylic acids is 2. The highest BCUT2D eigenvalue weighted by Crippen LogP contribution is 2.22. The molecule has 0 aliphatic rings. The van der Waals surface area contributed by atoms with Crippen LogP contribution in [-0.2, 0) is 27.4 Å². The highest BCUT2D eigenvalue weighted by Gasteiger charge is 2.37. The van der Waals surface area contributed by atoms with Crippen molar-refractivity contribution >= 4 is 12.1 Å². The number of rotatable bonds is 10. The predicted octanol–water partition coefficient (Wildman–Crippen LogP) is 3.88. The number of hydrogen-bond donors (Lipinski definition) is 2. The Morgan fingerprint density at radius 1 is 1.03 bits per heavy atom. The number of hydrogen-bond acceptors (Lipinski definition) is 7. The van der Waals surface area contributed by atoms with E-state index in [9.17, 15) is 14.7 Å². The molecule has 0 aliphatic carbocycles. The Hall–Kier alpha value is -3.32. The molecule has 2 N–H and O–H groups in total. The van der Waals surface area contributed by atoms with Crippen LogP contribution < -0.4 is 10.1 Å². The Bertz CT molecular complexity index is 891. The lowest BCUT2D eigenvalue weighted by atomic mass is 9.93. The minimum absolute atomic E-state index is 0.0476. The highest BCUT2D eigenvalue weighted by molar-refractivity contribution is 5.79. The molecule has 31 heavy (non-hydrogen) atoms. The Balaban J connectivity index is 1.85. The first-order valence-corrected chi connectivity index (χ1v) is 9.88. The van der Waals surface area contributed by atoms with Gasteiger partial charge in [-0.3, -0.25) is 4.79 Å². The molecule has 2 aromatic rings. The van der Waals surface area contributed by atoms with E-state index in [2.05, 4.69) is 11.9 Å². The molecule has 1 unspecified atom stereocenters. The van der Waals surface area contributed by atoms with Crippen molar-refractivity contribution in [1.29, 1.82) is 0 Å². The van der Waals surface area contributed by atoms with Gasteiger partial charge >= 0.3 is 12.1 Å². The largest absolute Gasteiger partial charge is 0.508 e. The zero-order valence-electron chi connectivity index (χ0n) is 18.1. The molecular formula is C24H29NO6. The van der Waals surface area contributed by atoms with Gasteiger partial charge in [0.05, 0.1) is 6.61 Å². The van der Waals surface area contributed by atoms with E-state index in [1.807, 2.05) is 50.2 Å². The summed E-state index contributed by atoms with van der Waals surface area (Å²) in [6, 6.07) is 14.4. The van der Waals surface area contributed by atoms with Gasteiger partial charge in [0.2, 0.25) is 0 Å². The van der Waals surface area contributed by atoms with E-state index >= 15 is 0 Å². The zero-order chi connectivity index (χ0) is 22.9. The van der Waals surface area contributed by atoms with Gasteiger partial charge in [-0.2, -0.15) is 0 Å². The van der Waals surface area contributed by atoms with Crippen molar-refractivity contribution in [1.82, 2.24) is 5.32 Å². The standard InChI is InChI=1S/C24H29NO6/c1-17(2)25-13-19-9-11-21(12-10-19)31-22(27)24(4,15-26)16-30-23(28)29-14-20-7-5-18(3)6-8-20/h5-12,25-26H,1,13-16H2,2-4H3. The molecule has 0 aliphatic heterocycles. The lowest BCUT2D eigenvalue weighted by Gasteiger charge is -2.24. The number of allylic oxidation sites excluding steroid dienone is 1. The van der Waals surface area contributed by atoms with E-state index in [0.717, 1.165) is 22.4 Å². The average Bonchev–Trinajstić information content (AvgIpc) is 2.76. The molecule has 0 saturated carbocycles. The molecule has 0 heterocycles. The summed E-state index contributed by atoms with van der Waals surface area (Å²) in [5.41, 5.74) is 2.33. The summed E-state index contributed by atoms with van der Waals surface area (Å²) in [7, 11) is 0. The van der Waals surface area contributed by atoms with E-state index in [4.69, 9.17) is 14.2 Å². The van der Waals surface area contributed by atoms with Crippen molar-refractivity contribution in [3.63, 3.8) is 0 Å². The Labute approximate surface area is 182 Å². The van der Waals surface area contributed by atoms with Crippen LogP contribution in [0.4, 0.5) is 4.79 Å². The van der Waals surface area contributed by atoms with Crippen LogP contribution in [0.2, 0.25) is 0 Å². The van der Waals surface area contributed by atoms with Gasteiger partial charge in [-0.1, -0.05) is 48.5 Å². The third kappa shape index (κ3) is 7.79. The van der Waals surface area contributed by atoms with Crippen molar-refractivity contribution in [3.8, 4) is 5.75 Å². The molecule has 1 atom stereocenters. The summed E-state index contributed by atoms with van der Waals surface area (Å²) in [5, 5.41) is 12.8. The quantitative estimate of drug-likeness (QED) is 0.439. The van der Waals surface area contributed by atoms with Gasteiger partial charge in [0.1, 0.15) is 24.4 Å². The lowest BCUT2D eigenvalue weighted by molar-refractivity contribution is -0.150. The smallest absolute Gasteiger partial charge is 0.433 e. The second kappa shape index (κ2) is 11.2. The maximum Gasteiger partial charge on any atom is 0.508 e. The molecule has 0 spiro atoms. The minimum atomic E-state index is -1.43. The van der Waals surface area contributed by atoms with Crippen LogP contribution in [0.1, 0.15) is 30.5 Å².